The summed E-state index contributed by atoms with van der Waals surface area (Å²) in [6.45, 7) is 6.30. The van der Waals surface area contributed by atoms with Gasteiger partial charge >= 0.3 is 16.9 Å². The molecule has 7 nitrogen and oxygen atoms in total. The molecule has 1 heterocycles. The first kappa shape index (κ1) is 16.4. The Morgan fingerprint density at radius 2 is 1.65 bits per heavy atom. The van der Waals surface area contributed by atoms with Gasteiger partial charge in [0.25, 0.3) is 0 Å². The minimum atomic E-state index is -1.03. The fourth-order valence-corrected chi connectivity index (χ4v) is 2.07. The van der Waals surface area contributed by atoms with Crippen molar-refractivity contribution in [3.05, 3.63) is 72.0 Å². The molecular weight excluding hydrogens is 298 g/mol. The number of aromatic amines is 2. The molecule has 0 radical (unpaired) electrons. The average molecular weight is 315 g/mol. The lowest BCUT2D eigenvalue weighted by Gasteiger charge is -2.18. The van der Waals surface area contributed by atoms with E-state index in [0.29, 0.717) is 0 Å². The van der Waals surface area contributed by atoms with E-state index in [2.05, 4.69) is 25.8 Å². The molecule has 0 aliphatic carbocycles. The second kappa shape index (κ2) is 6.04. The van der Waals surface area contributed by atoms with E-state index in [4.69, 9.17) is 0 Å². The highest BCUT2D eigenvalue weighted by Crippen LogP contribution is 2.22. The quantitative estimate of drug-likeness (QED) is 0.669. The normalized spacial score (nSPS) is 11.8. The highest BCUT2D eigenvalue weighted by Gasteiger charge is 2.18. The molecular formula is C16H17N3O4. The van der Waals surface area contributed by atoms with Crippen LogP contribution < -0.4 is 11.2 Å². The first-order valence-electron chi connectivity index (χ1n) is 6.98. The second-order valence-corrected chi connectivity index (χ2v) is 6.13. The Kier molecular flexibility index (Phi) is 4.31. The van der Waals surface area contributed by atoms with Gasteiger partial charge in [-0.2, -0.15) is 0 Å². The maximum absolute atomic E-state index is 11.5. The van der Waals surface area contributed by atoms with Crippen LogP contribution in [-0.2, 0) is 5.41 Å². The second-order valence-electron chi connectivity index (χ2n) is 6.13. The van der Waals surface area contributed by atoms with E-state index in [9.17, 15) is 19.7 Å². The van der Waals surface area contributed by atoms with Crippen LogP contribution in [0, 0.1) is 10.1 Å². The average Bonchev–Trinajstić information content (AvgIpc) is 2.43. The van der Waals surface area contributed by atoms with Crippen LogP contribution in [0.5, 0.6) is 0 Å². The Balaban J connectivity index is 2.39. The Hall–Kier alpha value is -2.96. The van der Waals surface area contributed by atoms with Crippen LogP contribution in [-0.4, -0.2) is 14.9 Å². The van der Waals surface area contributed by atoms with E-state index in [1.54, 1.807) is 6.08 Å². The zero-order valence-electron chi connectivity index (χ0n) is 13.0. The molecule has 0 aliphatic rings. The molecule has 23 heavy (non-hydrogen) atoms. The smallest absolute Gasteiger partial charge is 0.301 e. The molecule has 0 saturated heterocycles. The van der Waals surface area contributed by atoms with Crippen molar-refractivity contribution >= 4 is 17.8 Å². The predicted octanol–water partition coefficient (Wildman–Crippen LogP) is 2.44. The molecule has 0 atom stereocenters. The van der Waals surface area contributed by atoms with E-state index < -0.39 is 21.9 Å². The van der Waals surface area contributed by atoms with Crippen LogP contribution in [0.4, 0.5) is 5.69 Å². The van der Waals surface area contributed by atoms with Crippen molar-refractivity contribution in [2.45, 2.75) is 26.2 Å². The maximum Gasteiger partial charge on any atom is 0.357 e. The van der Waals surface area contributed by atoms with Gasteiger partial charge in [0.1, 0.15) is 5.69 Å². The topological polar surface area (TPSA) is 109 Å². The third-order valence-corrected chi connectivity index (χ3v) is 3.35. The van der Waals surface area contributed by atoms with Crippen LogP contribution >= 0.6 is 0 Å². The molecule has 0 unspecified atom stereocenters. The van der Waals surface area contributed by atoms with Gasteiger partial charge < -0.3 is 4.98 Å². The number of hydrogen-bond donors (Lipinski definition) is 2. The Labute approximate surface area is 131 Å². The van der Waals surface area contributed by atoms with Crippen molar-refractivity contribution in [2.24, 2.45) is 0 Å². The molecule has 120 valence electrons. The van der Waals surface area contributed by atoms with Gasteiger partial charge in [0.2, 0.25) is 0 Å². The van der Waals surface area contributed by atoms with Gasteiger partial charge in [-0.15, -0.1) is 0 Å². The van der Waals surface area contributed by atoms with Gasteiger partial charge in [-0.3, -0.25) is 19.9 Å². The third kappa shape index (κ3) is 3.82. The summed E-state index contributed by atoms with van der Waals surface area (Å²) in [6.07, 6.45) is 2.95. The minimum absolute atomic E-state index is 0.0268. The van der Waals surface area contributed by atoms with Crippen LogP contribution in [0.3, 0.4) is 0 Å². The summed E-state index contributed by atoms with van der Waals surface area (Å²) in [5, 5.41) is 10.9. The van der Waals surface area contributed by atoms with E-state index in [1.165, 1.54) is 6.08 Å². The molecule has 0 aliphatic heterocycles. The van der Waals surface area contributed by atoms with Crippen molar-refractivity contribution in [3.63, 3.8) is 0 Å². The molecule has 1 aromatic carbocycles. The maximum atomic E-state index is 11.5. The van der Waals surface area contributed by atoms with E-state index >= 15 is 0 Å². The molecule has 0 fully saturated rings. The van der Waals surface area contributed by atoms with E-state index in [-0.39, 0.29) is 11.1 Å². The lowest BCUT2D eigenvalue weighted by atomic mass is 9.87. The minimum Gasteiger partial charge on any atom is -0.301 e. The highest BCUT2D eigenvalue weighted by atomic mass is 16.6. The Morgan fingerprint density at radius 1 is 1.04 bits per heavy atom. The van der Waals surface area contributed by atoms with Gasteiger partial charge in [0.05, 0.1) is 4.92 Å². The largest absolute Gasteiger partial charge is 0.357 e. The Morgan fingerprint density at radius 3 is 2.17 bits per heavy atom. The summed E-state index contributed by atoms with van der Waals surface area (Å²) in [7, 11) is 0. The number of rotatable bonds is 3. The van der Waals surface area contributed by atoms with Crippen molar-refractivity contribution in [1.82, 2.24) is 9.97 Å². The molecule has 2 rings (SSSR count). The van der Waals surface area contributed by atoms with Crippen LogP contribution in [0.25, 0.3) is 12.2 Å². The fraction of sp³-hybridized carbons (Fsp3) is 0.250. The summed E-state index contributed by atoms with van der Waals surface area (Å²) >= 11 is 0. The van der Waals surface area contributed by atoms with Gasteiger partial charge in [-0.05, 0) is 22.6 Å². The first-order chi connectivity index (χ1) is 10.7. The standard InChI is InChI=1S/C16H17N3O4/c1-16(2,3)11-7-4-10(5-8-11)6-9-12-13(19(22)23)14(20)18-15(21)17-12/h4-9H,1-3H3,(H2,17,18,20,21)/b9-6+. The number of nitrogens with one attached hydrogen (secondary N) is 2. The van der Waals surface area contributed by atoms with Crippen molar-refractivity contribution in [1.29, 1.82) is 0 Å². The van der Waals surface area contributed by atoms with Crippen molar-refractivity contribution in [2.75, 3.05) is 0 Å². The summed E-state index contributed by atoms with van der Waals surface area (Å²) in [5.41, 5.74) is -0.654. The number of nitro groups is 1. The van der Waals surface area contributed by atoms with Crippen LogP contribution in [0.2, 0.25) is 0 Å². The summed E-state index contributed by atoms with van der Waals surface area (Å²) < 4.78 is 0. The van der Waals surface area contributed by atoms with Gasteiger partial charge in [-0.25, -0.2) is 4.79 Å². The summed E-state index contributed by atoms with van der Waals surface area (Å²) in [4.78, 5) is 37.0. The SMILES string of the molecule is CC(C)(C)c1ccc(/C=C/c2[nH]c(=O)[nH]c(=O)c2[N+](=O)[O-])cc1. The summed E-state index contributed by atoms with van der Waals surface area (Å²) in [6, 6.07) is 7.67. The number of benzene rings is 1. The molecule has 0 amide bonds. The molecule has 1 aromatic heterocycles. The molecule has 0 spiro atoms. The lowest BCUT2D eigenvalue weighted by molar-refractivity contribution is -0.386. The number of H-pyrrole nitrogens is 2. The van der Waals surface area contributed by atoms with E-state index in [1.807, 2.05) is 29.2 Å². The molecule has 2 N–H and O–H groups in total. The molecule has 2 aromatic rings. The summed E-state index contributed by atoms with van der Waals surface area (Å²) in [5.74, 6) is 0. The monoisotopic (exact) mass is 315 g/mol. The number of nitrogens with zero attached hydrogens (tertiary/aromatic N) is 1. The predicted molar refractivity (Wildman–Crippen MR) is 88.4 cm³/mol. The number of aromatic nitrogens is 2. The molecule has 0 bridgehead atoms. The first-order valence-corrected chi connectivity index (χ1v) is 6.98. The molecule has 7 heteroatoms. The van der Waals surface area contributed by atoms with E-state index in [0.717, 1.165) is 11.1 Å². The third-order valence-electron chi connectivity index (χ3n) is 3.35. The van der Waals surface area contributed by atoms with Crippen LogP contribution in [0.15, 0.2) is 33.9 Å². The lowest BCUT2D eigenvalue weighted by Crippen LogP contribution is -2.25. The fourth-order valence-electron chi connectivity index (χ4n) is 2.07. The van der Waals surface area contributed by atoms with Crippen LogP contribution in [0.1, 0.15) is 37.6 Å². The zero-order valence-corrected chi connectivity index (χ0v) is 13.0. The van der Waals surface area contributed by atoms with Gasteiger partial charge in [0, 0.05) is 0 Å². The number of hydrogen-bond acceptors (Lipinski definition) is 4. The van der Waals surface area contributed by atoms with Crippen molar-refractivity contribution < 1.29 is 4.92 Å². The molecule has 0 saturated carbocycles. The zero-order chi connectivity index (χ0) is 17.2. The van der Waals surface area contributed by atoms with Crippen molar-refractivity contribution in [3.8, 4) is 0 Å². The highest BCUT2D eigenvalue weighted by molar-refractivity contribution is 5.71. The van der Waals surface area contributed by atoms with Gasteiger partial charge in [0.15, 0.2) is 0 Å². The van der Waals surface area contributed by atoms with Gasteiger partial charge in [-0.1, -0.05) is 51.1 Å². The Bertz CT molecular complexity index is 868.